The molecule has 23 heavy (non-hydrogen) atoms. The number of carbonyl (C=O) groups excluding carboxylic acids is 1. The van der Waals surface area contributed by atoms with E-state index in [1.54, 1.807) is 13.8 Å². The molecule has 2 atom stereocenters. The van der Waals surface area contributed by atoms with Crippen LogP contribution in [0.1, 0.15) is 39.2 Å². The van der Waals surface area contributed by atoms with E-state index < -0.39 is 23.3 Å². The second kappa shape index (κ2) is 7.68. The molecule has 1 amide bonds. The Bertz CT molecular complexity index is 530. The number of rotatable bonds is 7. The van der Waals surface area contributed by atoms with Crippen LogP contribution in [0.4, 0.5) is 13.2 Å². The second-order valence-corrected chi connectivity index (χ2v) is 5.85. The quantitative estimate of drug-likeness (QED) is 0.806. The third-order valence-electron chi connectivity index (χ3n) is 3.35. The third-order valence-corrected chi connectivity index (χ3v) is 3.35. The van der Waals surface area contributed by atoms with E-state index in [9.17, 15) is 18.0 Å². The lowest BCUT2D eigenvalue weighted by atomic mass is 9.96. The zero-order valence-electron chi connectivity index (χ0n) is 13.5. The van der Waals surface area contributed by atoms with Gasteiger partial charge in [-0.15, -0.1) is 0 Å². The van der Waals surface area contributed by atoms with E-state index in [-0.39, 0.29) is 18.3 Å². The largest absolute Gasteiger partial charge is 0.491 e. The number of hydrogen-bond donors (Lipinski definition) is 2. The molecule has 3 N–H and O–H groups in total. The van der Waals surface area contributed by atoms with Crippen LogP contribution in [0.2, 0.25) is 0 Å². The Morgan fingerprint density at radius 3 is 2.52 bits per heavy atom. The Balaban J connectivity index is 2.64. The van der Waals surface area contributed by atoms with Gasteiger partial charge in [0.1, 0.15) is 12.4 Å². The molecule has 0 aliphatic carbocycles. The molecule has 0 aliphatic heterocycles. The summed E-state index contributed by atoms with van der Waals surface area (Å²) < 4.78 is 43.8. The molecule has 1 aromatic rings. The van der Waals surface area contributed by atoms with Gasteiger partial charge >= 0.3 is 6.18 Å². The first kappa shape index (κ1) is 19.3. The minimum Gasteiger partial charge on any atom is -0.491 e. The summed E-state index contributed by atoms with van der Waals surface area (Å²) in [5.74, 6) is -0.607. The first-order valence-electron chi connectivity index (χ1n) is 7.46. The van der Waals surface area contributed by atoms with Crippen molar-refractivity contribution < 1.29 is 22.7 Å². The molecular formula is C16H23F3N2O2. The number of nitrogens with one attached hydrogen (secondary N) is 1. The summed E-state index contributed by atoms with van der Waals surface area (Å²) in [5.41, 5.74) is 4.06. The summed E-state index contributed by atoms with van der Waals surface area (Å²) in [4.78, 5) is 12.0. The Morgan fingerprint density at radius 1 is 1.35 bits per heavy atom. The van der Waals surface area contributed by atoms with Crippen molar-refractivity contribution in [3.05, 3.63) is 29.8 Å². The number of nitrogens with two attached hydrogens (primary N) is 1. The highest BCUT2D eigenvalue weighted by Crippen LogP contribution is 2.35. The van der Waals surface area contributed by atoms with E-state index >= 15 is 0 Å². The molecule has 0 fully saturated rings. The fourth-order valence-electron chi connectivity index (χ4n) is 2.10. The summed E-state index contributed by atoms with van der Waals surface area (Å²) in [6, 6.07) is 4.50. The molecule has 0 heterocycles. The van der Waals surface area contributed by atoms with Gasteiger partial charge in [0.05, 0.1) is 17.1 Å². The molecule has 0 aliphatic rings. The van der Waals surface area contributed by atoms with Gasteiger partial charge in [0.15, 0.2) is 0 Å². The summed E-state index contributed by atoms with van der Waals surface area (Å²) in [6.45, 7) is 5.11. The summed E-state index contributed by atoms with van der Waals surface area (Å²) >= 11 is 0. The van der Waals surface area contributed by atoms with Crippen molar-refractivity contribution in [2.24, 2.45) is 5.73 Å². The Hall–Kier alpha value is -1.76. The average molecular weight is 332 g/mol. The second-order valence-electron chi connectivity index (χ2n) is 5.85. The molecule has 0 bridgehead atoms. The number of hydrogen-bond acceptors (Lipinski definition) is 3. The number of amides is 1. The highest BCUT2D eigenvalue weighted by atomic mass is 19.4. The number of ether oxygens (including phenoxy) is 1. The van der Waals surface area contributed by atoms with Crippen molar-refractivity contribution in [3.8, 4) is 5.75 Å². The number of alkyl halides is 3. The molecule has 1 rings (SSSR count). The van der Waals surface area contributed by atoms with E-state index in [4.69, 9.17) is 10.5 Å². The van der Waals surface area contributed by atoms with E-state index in [0.29, 0.717) is 6.42 Å². The summed E-state index contributed by atoms with van der Waals surface area (Å²) in [6.07, 6.45) is -3.21. The predicted molar refractivity (Wildman–Crippen MR) is 82.0 cm³/mol. The zero-order chi connectivity index (χ0) is 17.7. The Kier molecular flexibility index (Phi) is 6.44. The Morgan fingerprint density at radius 2 is 1.96 bits per heavy atom. The molecule has 0 saturated heterocycles. The molecule has 0 spiro atoms. The number of para-hydroxylation sites is 1. The van der Waals surface area contributed by atoms with Gasteiger partial charge in [0.2, 0.25) is 5.91 Å². The van der Waals surface area contributed by atoms with Crippen molar-refractivity contribution in [2.45, 2.75) is 51.4 Å². The van der Waals surface area contributed by atoms with E-state index in [1.807, 2.05) is 6.92 Å². The first-order valence-corrected chi connectivity index (χ1v) is 7.46. The Labute approximate surface area is 134 Å². The van der Waals surface area contributed by atoms with Gasteiger partial charge in [0, 0.05) is 0 Å². The van der Waals surface area contributed by atoms with E-state index in [0.717, 1.165) is 12.5 Å². The van der Waals surface area contributed by atoms with Crippen LogP contribution in [0, 0.1) is 0 Å². The molecule has 1 aromatic carbocycles. The van der Waals surface area contributed by atoms with Crippen molar-refractivity contribution in [3.63, 3.8) is 0 Å². The third kappa shape index (κ3) is 5.74. The highest BCUT2D eigenvalue weighted by Gasteiger charge is 2.34. The van der Waals surface area contributed by atoms with Gasteiger partial charge in [-0.05, 0) is 32.4 Å². The van der Waals surface area contributed by atoms with Crippen LogP contribution in [-0.4, -0.2) is 24.1 Å². The van der Waals surface area contributed by atoms with Gasteiger partial charge < -0.3 is 15.8 Å². The van der Waals surface area contributed by atoms with Crippen LogP contribution in [0.3, 0.4) is 0 Å². The molecular weight excluding hydrogens is 309 g/mol. The molecule has 7 heteroatoms. The zero-order valence-corrected chi connectivity index (χ0v) is 13.5. The van der Waals surface area contributed by atoms with Gasteiger partial charge in [0.25, 0.3) is 0 Å². The van der Waals surface area contributed by atoms with Crippen LogP contribution in [0.5, 0.6) is 5.75 Å². The molecule has 0 aromatic heterocycles. The smallest absolute Gasteiger partial charge is 0.419 e. The molecule has 0 radical (unpaired) electrons. The van der Waals surface area contributed by atoms with Crippen molar-refractivity contribution >= 4 is 5.91 Å². The average Bonchev–Trinajstić information content (AvgIpc) is 2.44. The minimum absolute atomic E-state index is 0.0823. The predicted octanol–water partition coefficient (Wildman–Crippen LogP) is 3.11. The van der Waals surface area contributed by atoms with Gasteiger partial charge in [-0.1, -0.05) is 25.5 Å². The van der Waals surface area contributed by atoms with Crippen LogP contribution in [0.15, 0.2) is 24.3 Å². The molecule has 130 valence electrons. The van der Waals surface area contributed by atoms with Crippen molar-refractivity contribution in [1.82, 2.24) is 5.32 Å². The van der Waals surface area contributed by atoms with Crippen LogP contribution >= 0.6 is 0 Å². The minimum atomic E-state index is -4.49. The monoisotopic (exact) mass is 332 g/mol. The molecule has 4 nitrogen and oxygen atoms in total. The lowest BCUT2D eigenvalue weighted by molar-refractivity contribution is -0.139. The number of carbonyl (C=O) groups is 1. The molecule has 0 saturated carbocycles. The lowest BCUT2D eigenvalue weighted by Crippen LogP contribution is -2.54. The maximum absolute atomic E-state index is 12.9. The van der Waals surface area contributed by atoms with Gasteiger partial charge in [-0.25, -0.2) is 0 Å². The van der Waals surface area contributed by atoms with E-state index in [2.05, 4.69) is 5.32 Å². The fourth-order valence-corrected chi connectivity index (χ4v) is 2.10. The summed E-state index contributed by atoms with van der Waals surface area (Å²) in [7, 11) is 0. The highest BCUT2D eigenvalue weighted by molar-refractivity contribution is 5.85. The fraction of sp³-hybridized carbons (Fsp3) is 0.562. The lowest BCUT2D eigenvalue weighted by Gasteiger charge is -2.25. The van der Waals surface area contributed by atoms with Crippen molar-refractivity contribution in [1.29, 1.82) is 0 Å². The van der Waals surface area contributed by atoms with E-state index in [1.165, 1.54) is 18.2 Å². The van der Waals surface area contributed by atoms with Crippen LogP contribution in [-0.2, 0) is 11.0 Å². The maximum atomic E-state index is 12.9. The summed E-state index contributed by atoms with van der Waals surface area (Å²) in [5, 5.41) is 2.66. The standard InChI is InChI=1S/C16H23F3N2O2/c1-4-9-15(3,20)14(22)21-11(2)10-23-13-8-6-5-7-12(13)16(17,18)19/h5-8,11H,4,9-10,20H2,1-3H3,(H,21,22). The SMILES string of the molecule is CCCC(C)(N)C(=O)NC(C)COc1ccccc1C(F)(F)F. The topological polar surface area (TPSA) is 64.4 Å². The molecule has 2 unspecified atom stereocenters. The number of halogens is 3. The maximum Gasteiger partial charge on any atom is 0.419 e. The first-order chi connectivity index (χ1) is 10.6. The van der Waals surface area contributed by atoms with Gasteiger partial charge in [-0.3, -0.25) is 4.79 Å². The number of benzene rings is 1. The van der Waals surface area contributed by atoms with Crippen molar-refractivity contribution in [2.75, 3.05) is 6.61 Å². The van der Waals surface area contributed by atoms with Gasteiger partial charge in [-0.2, -0.15) is 13.2 Å². The van der Waals surface area contributed by atoms with Crippen LogP contribution in [0.25, 0.3) is 0 Å². The van der Waals surface area contributed by atoms with Crippen LogP contribution < -0.4 is 15.8 Å². The normalized spacial score (nSPS) is 15.6.